The lowest BCUT2D eigenvalue weighted by molar-refractivity contribution is 0.111. The highest BCUT2D eigenvalue weighted by Crippen LogP contribution is 2.17. The summed E-state index contributed by atoms with van der Waals surface area (Å²) in [5.74, 6) is 1.40. The second kappa shape index (κ2) is 6.89. The van der Waals surface area contributed by atoms with Crippen molar-refractivity contribution in [1.29, 1.82) is 0 Å². The highest BCUT2D eigenvalue weighted by atomic mass is 79.9. The summed E-state index contributed by atoms with van der Waals surface area (Å²) in [7, 11) is 0. The molecule has 0 amide bonds. The first kappa shape index (κ1) is 13.5. The molecule has 2 aromatic rings. The van der Waals surface area contributed by atoms with Crippen LogP contribution in [0.2, 0.25) is 0 Å². The van der Waals surface area contributed by atoms with Crippen LogP contribution in [-0.4, -0.2) is 24.5 Å². The quantitative estimate of drug-likeness (QED) is 0.606. The van der Waals surface area contributed by atoms with Gasteiger partial charge in [-0.15, -0.1) is 0 Å². The van der Waals surface area contributed by atoms with E-state index >= 15 is 0 Å². The first-order valence-electron chi connectivity index (χ1n) is 5.70. The summed E-state index contributed by atoms with van der Waals surface area (Å²) in [5.41, 5.74) is 0.387. The number of ether oxygens (including phenoxy) is 2. The zero-order valence-corrected chi connectivity index (χ0v) is 11.7. The molecule has 0 spiro atoms. The third-order valence-corrected chi connectivity index (χ3v) is 2.79. The zero-order valence-electron chi connectivity index (χ0n) is 10.1. The topological polar surface area (TPSA) is 48.4 Å². The fourth-order valence-corrected chi connectivity index (χ4v) is 1.80. The van der Waals surface area contributed by atoms with Crippen LogP contribution in [0.4, 0.5) is 0 Å². The molecule has 0 fully saturated rings. The molecular formula is C14H12BrNO3. The molecule has 1 aromatic carbocycles. The van der Waals surface area contributed by atoms with E-state index in [1.54, 1.807) is 12.1 Å². The Morgan fingerprint density at radius 1 is 1.11 bits per heavy atom. The second-order valence-corrected chi connectivity index (χ2v) is 4.61. The Kier molecular flexibility index (Phi) is 4.92. The molecule has 98 valence electrons. The Bertz CT molecular complexity index is 543. The molecule has 0 saturated heterocycles. The van der Waals surface area contributed by atoms with Crippen LogP contribution in [0.15, 0.2) is 47.1 Å². The summed E-state index contributed by atoms with van der Waals surface area (Å²) in [6.07, 6.45) is 2.21. The van der Waals surface area contributed by atoms with Crippen molar-refractivity contribution in [2.45, 2.75) is 0 Å². The van der Waals surface area contributed by atoms with Gasteiger partial charge < -0.3 is 9.47 Å². The second-order valence-electron chi connectivity index (χ2n) is 3.69. The third-order valence-electron chi connectivity index (χ3n) is 2.30. The van der Waals surface area contributed by atoms with Crippen molar-refractivity contribution < 1.29 is 14.3 Å². The van der Waals surface area contributed by atoms with Crippen LogP contribution in [0, 0.1) is 0 Å². The Morgan fingerprint density at radius 3 is 2.53 bits per heavy atom. The van der Waals surface area contributed by atoms with Gasteiger partial charge in [-0.1, -0.05) is 22.0 Å². The smallest absolute Gasteiger partial charge is 0.168 e. The fraction of sp³-hybridized carbons (Fsp3) is 0.143. The van der Waals surface area contributed by atoms with Crippen LogP contribution >= 0.6 is 15.9 Å². The van der Waals surface area contributed by atoms with Gasteiger partial charge in [0.05, 0.1) is 6.20 Å². The van der Waals surface area contributed by atoms with Crippen LogP contribution in [0.5, 0.6) is 11.5 Å². The van der Waals surface area contributed by atoms with Gasteiger partial charge in [-0.3, -0.25) is 4.79 Å². The minimum absolute atomic E-state index is 0.387. The Hall–Kier alpha value is -1.88. The number of nitrogens with zero attached hydrogens (tertiary/aromatic N) is 1. The van der Waals surface area contributed by atoms with E-state index in [2.05, 4.69) is 20.9 Å². The largest absolute Gasteiger partial charge is 0.490 e. The van der Waals surface area contributed by atoms with Crippen molar-refractivity contribution in [2.24, 2.45) is 0 Å². The lowest BCUT2D eigenvalue weighted by atomic mass is 10.3. The number of carbonyl (C=O) groups excluding carboxylic acids is 1. The number of aldehydes is 1. The van der Waals surface area contributed by atoms with Crippen molar-refractivity contribution in [3.05, 3.63) is 52.8 Å². The highest BCUT2D eigenvalue weighted by Gasteiger charge is 1.97. The molecule has 0 aliphatic carbocycles. The van der Waals surface area contributed by atoms with Gasteiger partial charge in [0.25, 0.3) is 0 Å². The van der Waals surface area contributed by atoms with Crippen LogP contribution in [-0.2, 0) is 0 Å². The molecule has 2 rings (SSSR count). The summed E-state index contributed by atoms with van der Waals surface area (Å²) in [6.45, 7) is 0.848. The number of halogens is 1. The molecule has 0 aliphatic heterocycles. The molecule has 19 heavy (non-hydrogen) atoms. The van der Waals surface area contributed by atoms with E-state index in [-0.39, 0.29) is 0 Å². The van der Waals surface area contributed by atoms with E-state index in [1.165, 1.54) is 6.20 Å². The molecule has 0 N–H and O–H groups in total. The molecule has 0 bridgehead atoms. The zero-order chi connectivity index (χ0) is 13.5. The van der Waals surface area contributed by atoms with E-state index in [0.717, 1.165) is 10.2 Å². The minimum Gasteiger partial charge on any atom is -0.490 e. The first-order chi connectivity index (χ1) is 9.28. The number of pyridine rings is 1. The Morgan fingerprint density at radius 2 is 1.89 bits per heavy atom. The summed E-state index contributed by atoms with van der Waals surface area (Å²) in [4.78, 5) is 14.3. The average Bonchev–Trinajstić information content (AvgIpc) is 2.44. The van der Waals surface area contributed by atoms with Crippen molar-refractivity contribution >= 4 is 22.2 Å². The normalized spacial score (nSPS) is 9.95. The van der Waals surface area contributed by atoms with E-state index in [0.29, 0.717) is 30.9 Å². The van der Waals surface area contributed by atoms with Gasteiger partial charge >= 0.3 is 0 Å². The maximum atomic E-state index is 10.4. The minimum atomic E-state index is 0.387. The fourth-order valence-electron chi connectivity index (χ4n) is 1.42. The maximum Gasteiger partial charge on any atom is 0.168 e. The Balaban J connectivity index is 1.75. The summed E-state index contributed by atoms with van der Waals surface area (Å²) in [5, 5.41) is 0. The van der Waals surface area contributed by atoms with Crippen molar-refractivity contribution in [1.82, 2.24) is 4.98 Å². The van der Waals surface area contributed by atoms with Crippen molar-refractivity contribution in [2.75, 3.05) is 13.2 Å². The van der Waals surface area contributed by atoms with Crippen LogP contribution in [0.1, 0.15) is 10.5 Å². The molecular weight excluding hydrogens is 310 g/mol. The average molecular weight is 322 g/mol. The number of hydrogen-bond acceptors (Lipinski definition) is 4. The first-order valence-corrected chi connectivity index (χ1v) is 6.49. The predicted molar refractivity (Wildman–Crippen MR) is 74.8 cm³/mol. The van der Waals surface area contributed by atoms with Crippen LogP contribution in [0.25, 0.3) is 0 Å². The van der Waals surface area contributed by atoms with Gasteiger partial charge in [0.2, 0.25) is 0 Å². The molecule has 1 heterocycles. The van der Waals surface area contributed by atoms with Gasteiger partial charge in [0.1, 0.15) is 30.4 Å². The molecule has 4 nitrogen and oxygen atoms in total. The number of hydrogen-bond donors (Lipinski definition) is 0. The lowest BCUT2D eigenvalue weighted by Crippen LogP contribution is -2.09. The van der Waals surface area contributed by atoms with Crippen molar-refractivity contribution in [3.63, 3.8) is 0 Å². The van der Waals surface area contributed by atoms with Gasteiger partial charge in [0, 0.05) is 4.47 Å². The lowest BCUT2D eigenvalue weighted by Gasteiger charge is -2.08. The van der Waals surface area contributed by atoms with Gasteiger partial charge in [0.15, 0.2) is 6.29 Å². The Labute approximate surface area is 119 Å². The monoisotopic (exact) mass is 321 g/mol. The van der Waals surface area contributed by atoms with Crippen molar-refractivity contribution in [3.8, 4) is 11.5 Å². The van der Waals surface area contributed by atoms with E-state index < -0.39 is 0 Å². The SMILES string of the molecule is O=Cc1ccc(OCCOc2cccc(Br)c2)cn1. The van der Waals surface area contributed by atoms with E-state index in [1.807, 2.05) is 24.3 Å². The number of aromatic nitrogens is 1. The van der Waals surface area contributed by atoms with Crippen LogP contribution < -0.4 is 9.47 Å². The van der Waals surface area contributed by atoms with Gasteiger partial charge in [-0.2, -0.15) is 0 Å². The maximum absolute atomic E-state index is 10.4. The van der Waals surface area contributed by atoms with Crippen LogP contribution in [0.3, 0.4) is 0 Å². The van der Waals surface area contributed by atoms with Gasteiger partial charge in [-0.25, -0.2) is 4.98 Å². The molecule has 1 aromatic heterocycles. The van der Waals surface area contributed by atoms with E-state index in [4.69, 9.17) is 9.47 Å². The number of rotatable bonds is 6. The predicted octanol–water partition coefficient (Wildman–Crippen LogP) is 3.11. The standard InChI is InChI=1S/C14H12BrNO3/c15-11-2-1-3-13(8-11)18-6-7-19-14-5-4-12(10-17)16-9-14/h1-5,8-10H,6-7H2. The van der Waals surface area contributed by atoms with E-state index in [9.17, 15) is 4.79 Å². The molecule has 5 heteroatoms. The van der Waals surface area contributed by atoms with Gasteiger partial charge in [-0.05, 0) is 30.3 Å². The number of carbonyl (C=O) groups is 1. The summed E-state index contributed by atoms with van der Waals surface area (Å²) >= 11 is 3.37. The number of benzene rings is 1. The molecule has 0 unspecified atom stereocenters. The molecule has 0 atom stereocenters. The summed E-state index contributed by atoms with van der Waals surface area (Å²) < 4.78 is 11.9. The molecule has 0 aliphatic rings. The molecule has 0 saturated carbocycles. The summed E-state index contributed by atoms with van der Waals surface area (Å²) in [6, 6.07) is 10.9. The molecule has 0 radical (unpaired) electrons. The highest BCUT2D eigenvalue weighted by molar-refractivity contribution is 9.10. The third kappa shape index (κ3) is 4.37.